The van der Waals surface area contributed by atoms with Crippen LogP contribution < -0.4 is 0 Å². The molecule has 0 aromatic carbocycles. The van der Waals surface area contributed by atoms with Gasteiger partial charge in [0.15, 0.2) is 17.4 Å². The fourth-order valence-electron chi connectivity index (χ4n) is 0. The molecule has 0 aliphatic carbocycles. The topological polar surface area (TPSA) is 0 Å². The molecule has 0 heterocycles. The van der Waals surface area contributed by atoms with E-state index in [0.717, 1.165) is 0 Å². The van der Waals surface area contributed by atoms with E-state index >= 15 is 0 Å². The van der Waals surface area contributed by atoms with Gasteiger partial charge in [0.2, 0.25) is 0 Å². The first-order valence-electron chi connectivity index (χ1n) is 0. The van der Waals surface area contributed by atoms with Crippen LogP contribution in [0.1, 0.15) is 0 Å². The van der Waals surface area contributed by atoms with Crippen molar-refractivity contribution in [3.63, 3.8) is 0 Å². The standard InChI is InChI=1S/Al.Cu.Ni.Sn.Zn.7H. The van der Waals surface area contributed by atoms with Crippen LogP contribution in [0.15, 0.2) is 0 Å². The maximum absolute atomic E-state index is 0. The van der Waals surface area contributed by atoms with Crippen molar-refractivity contribution in [2.24, 2.45) is 0 Å². The molecule has 0 spiro atoms. The molecule has 1 radical (unpaired) electrons. The molecule has 0 bridgehead atoms. The van der Waals surface area contributed by atoms with Crippen molar-refractivity contribution in [2.75, 3.05) is 0 Å². The van der Waals surface area contributed by atoms with Gasteiger partial charge in [-0.05, 0) is 0 Å². The Labute approximate surface area is 92.8 Å². The third-order valence-corrected chi connectivity index (χ3v) is 0. The number of rotatable bonds is 0. The molecule has 0 atom stereocenters. The second kappa shape index (κ2) is 28.2. The van der Waals surface area contributed by atoms with Crippen molar-refractivity contribution >= 4 is 41.3 Å². The first-order chi connectivity index (χ1) is 0. The minimum atomic E-state index is 0. The van der Waals surface area contributed by atoms with Gasteiger partial charge in [0.25, 0.3) is 0 Å². The molecule has 0 aliphatic heterocycles. The van der Waals surface area contributed by atoms with Crippen molar-refractivity contribution in [3.05, 3.63) is 0 Å². The normalized spacial score (nSPS) is 0. The monoisotopic (exact) mass is 339 g/mol. The van der Waals surface area contributed by atoms with Crippen molar-refractivity contribution < 1.29 is 53.0 Å². The Morgan fingerprint density at radius 1 is 1.00 bits per heavy atom. The summed E-state index contributed by atoms with van der Waals surface area (Å²) in [6.07, 6.45) is 0. The van der Waals surface area contributed by atoms with Gasteiger partial charge in [0.1, 0.15) is 0 Å². The van der Waals surface area contributed by atoms with Crippen LogP contribution in [0.5, 0.6) is 0 Å². The molecule has 0 fully saturated rings. The van der Waals surface area contributed by atoms with E-state index in [1.165, 1.54) is 0 Å². The summed E-state index contributed by atoms with van der Waals surface area (Å²) in [7, 11) is 0. The van der Waals surface area contributed by atoms with E-state index in [9.17, 15) is 0 Å². The molecule has 37 valence electrons. The van der Waals surface area contributed by atoms with Gasteiger partial charge in [-0.2, -0.15) is 0 Å². The minimum Gasteiger partial charge on any atom is 0 e. The van der Waals surface area contributed by atoms with Crippen molar-refractivity contribution in [1.82, 2.24) is 0 Å². The second-order valence-electron chi connectivity index (χ2n) is 0. The molecule has 0 aromatic heterocycles. The molecule has 0 rings (SSSR count). The summed E-state index contributed by atoms with van der Waals surface area (Å²) >= 11 is 0. The van der Waals surface area contributed by atoms with Crippen LogP contribution in [-0.2, 0) is 53.0 Å². The second-order valence-corrected chi connectivity index (χ2v) is 0. The smallest absolute Gasteiger partial charge is 0 e. The zero-order valence-corrected chi connectivity index (χ0v) is 6.22. The Hall–Kier alpha value is 2.97. The van der Waals surface area contributed by atoms with Gasteiger partial charge in [0, 0.05) is 53.0 Å². The van der Waals surface area contributed by atoms with Gasteiger partial charge in [0.05, 0.1) is 0 Å². The van der Waals surface area contributed by atoms with Crippen LogP contribution in [0.25, 0.3) is 0 Å². The SMILES string of the molecule is [AlH3].[Cu].[Ni].[SnH4].[Zn]. The summed E-state index contributed by atoms with van der Waals surface area (Å²) in [5.41, 5.74) is 0. The Morgan fingerprint density at radius 2 is 1.00 bits per heavy atom. The van der Waals surface area contributed by atoms with Gasteiger partial charge in [-0.1, -0.05) is 0 Å². The van der Waals surface area contributed by atoms with Gasteiger partial charge in [-0.15, -0.1) is 0 Å². The minimum absolute atomic E-state index is 0. The molecule has 0 unspecified atom stereocenters. The quantitative estimate of drug-likeness (QED) is 0.423. The first kappa shape index (κ1) is 43.9. The van der Waals surface area contributed by atoms with Gasteiger partial charge >= 0.3 is 23.9 Å². The Morgan fingerprint density at radius 3 is 1.00 bits per heavy atom. The molecular formula is H7AlCuNiSnZn. The van der Waals surface area contributed by atoms with Crippen molar-refractivity contribution in [2.45, 2.75) is 0 Å². The van der Waals surface area contributed by atoms with Crippen LogP contribution in [0.4, 0.5) is 0 Å². The Kier molecular flexibility index (Phi) is 248. The van der Waals surface area contributed by atoms with E-state index in [1.807, 2.05) is 0 Å². The Bertz CT molecular complexity index is 11.6. The summed E-state index contributed by atoms with van der Waals surface area (Å²) < 4.78 is 0. The average Bonchev–Trinajstić information content (AvgIpc) is 0. The van der Waals surface area contributed by atoms with E-state index in [0.29, 0.717) is 0 Å². The summed E-state index contributed by atoms with van der Waals surface area (Å²) in [6, 6.07) is 0. The van der Waals surface area contributed by atoms with E-state index in [2.05, 4.69) is 0 Å². The van der Waals surface area contributed by atoms with Gasteiger partial charge in [-0.25, -0.2) is 0 Å². The molecule has 0 saturated heterocycles. The molecule has 5 heteroatoms. The zero-order valence-electron chi connectivity index (χ0n) is 1.32. The predicted octanol–water partition coefficient (Wildman–Crippen LogP) is -2.64. The number of hydrogen-bond acceptors (Lipinski definition) is 0. The average molecular weight is 340 g/mol. The van der Waals surface area contributed by atoms with Crippen molar-refractivity contribution in [1.29, 1.82) is 0 Å². The van der Waals surface area contributed by atoms with Crippen LogP contribution in [0.2, 0.25) is 0 Å². The van der Waals surface area contributed by atoms with Crippen molar-refractivity contribution in [3.8, 4) is 0 Å². The Balaban J connectivity index is 0. The summed E-state index contributed by atoms with van der Waals surface area (Å²) in [4.78, 5) is 0. The summed E-state index contributed by atoms with van der Waals surface area (Å²) in [5, 5.41) is 0. The molecule has 0 aromatic rings. The molecule has 5 heavy (non-hydrogen) atoms. The largest absolute Gasteiger partial charge is 0 e. The van der Waals surface area contributed by atoms with Gasteiger partial charge in [-0.3, -0.25) is 0 Å². The zero-order chi connectivity index (χ0) is 0. The van der Waals surface area contributed by atoms with E-state index in [4.69, 9.17) is 0 Å². The number of hydrogen-bond donors (Lipinski definition) is 0. The molecule has 0 aliphatic rings. The molecule has 0 N–H and O–H groups in total. The first-order valence-corrected chi connectivity index (χ1v) is 0. The third kappa shape index (κ3) is 19.5. The maximum atomic E-state index is 0. The maximum Gasteiger partial charge on any atom is 0 e. The van der Waals surface area contributed by atoms with Crippen LogP contribution in [0.3, 0.4) is 0 Å². The van der Waals surface area contributed by atoms with Crippen LogP contribution >= 0.6 is 0 Å². The van der Waals surface area contributed by atoms with E-state index < -0.39 is 0 Å². The molecule has 0 amide bonds. The third-order valence-electron chi connectivity index (χ3n) is 0. The molecular weight excluding hydrogens is 333 g/mol. The summed E-state index contributed by atoms with van der Waals surface area (Å²) in [6.45, 7) is 0. The summed E-state index contributed by atoms with van der Waals surface area (Å²) in [5.74, 6) is 0. The molecule has 0 saturated carbocycles. The fraction of sp³-hybridized carbons (Fsp3) is 0. The van der Waals surface area contributed by atoms with Gasteiger partial charge < -0.3 is 0 Å². The fourth-order valence-corrected chi connectivity index (χ4v) is 0. The van der Waals surface area contributed by atoms with Crippen LogP contribution in [0, 0.1) is 0 Å². The van der Waals surface area contributed by atoms with E-state index in [-0.39, 0.29) is 94.3 Å². The van der Waals surface area contributed by atoms with E-state index in [1.54, 1.807) is 0 Å². The predicted molar refractivity (Wildman–Crippen MR) is 21.3 cm³/mol. The molecule has 0 nitrogen and oxygen atoms in total. The van der Waals surface area contributed by atoms with Crippen LogP contribution in [-0.4, -0.2) is 41.3 Å².